The van der Waals surface area contributed by atoms with Gasteiger partial charge in [0.25, 0.3) is 10.0 Å². The molecule has 1 aromatic carbocycles. The van der Waals surface area contributed by atoms with Crippen molar-refractivity contribution in [3.63, 3.8) is 0 Å². The van der Waals surface area contributed by atoms with Crippen molar-refractivity contribution in [2.45, 2.75) is 29.9 Å². The Morgan fingerprint density at radius 1 is 1.07 bits per heavy atom. The zero-order valence-electron chi connectivity index (χ0n) is 15.6. The van der Waals surface area contributed by atoms with Crippen molar-refractivity contribution in [1.82, 2.24) is 24.5 Å². The number of hydrogen-bond acceptors (Lipinski definition) is 7. The first-order valence-corrected chi connectivity index (χ1v) is 11.5. The van der Waals surface area contributed by atoms with Gasteiger partial charge in [-0.25, -0.2) is 13.1 Å². The molecule has 1 saturated heterocycles. The van der Waals surface area contributed by atoms with E-state index in [0.29, 0.717) is 27.9 Å². The summed E-state index contributed by atoms with van der Waals surface area (Å²) in [6.07, 6.45) is 4.46. The Morgan fingerprint density at radius 2 is 1.83 bits per heavy atom. The van der Waals surface area contributed by atoms with Crippen molar-refractivity contribution in [3.05, 3.63) is 47.6 Å². The van der Waals surface area contributed by atoms with Gasteiger partial charge in [0.2, 0.25) is 5.91 Å². The fraction of sp³-hybridized carbons (Fsp3) is 0.333. The van der Waals surface area contributed by atoms with Crippen molar-refractivity contribution in [2.75, 3.05) is 18.4 Å². The molecule has 4 rings (SSSR count). The van der Waals surface area contributed by atoms with E-state index in [9.17, 15) is 13.2 Å². The first-order valence-electron chi connectivity index (χ1n) is 9.24. The minimum Gasteiger partial charge on any atom is -0.326 e. The monoisotopic (exact) mass is 432 g/mol. The SMILES string of the molecule is O=C(Cc1ccc(S(=O)(=O)N2CCCCC2)s1)Nc1ccc(-n2cnnn2)cc1. The molecule has 1 aliphatic rings. The van der Waals surface area contributed by atoms with Crippen LogP contribution >= 0.6 is 11.3 Å². The zero-order valence-corrected chi connectivity index (χ0v) is 17.2. The van der Waals surface area contributed by atoms with Gasteiger partial charge in [-0.3, -0.25) is 4.79 Å². The van der Waals surface area contributed by atoms with Crippen LogP contribution in [-0.4, -0.2) is 51.9 Å². The fourth-order valence-corrected chi connectivity index (χ4v) is 6.19. The van der Waals surface area contributed by atoms with Crippen LogP contribution in [0.1, 0.15) is 24.1 Å². The number of piperidine rings is 1. The number of sulfonamides is 1. The Morgan fingerprint density at radius 3 is 2.52 bits per heavy atom. The second-order valence-corrected chi connectivity index (χ2v) is 10.0. The highest BCUT2D eigenvalue weighted by Gasteiger charge is 2.27. The molecule has 11 heteroatoms. The minimum atomic E-state index is -3.46. The summed E-state index contributed by atoms with van der Waals surface area (Å²) in [4.78, 5) is 13.1. The Bertz CT molecular complexity index is 1070. The first kappa shape index (κ1) is 19.7. The lowest BCUT2D eigenvalue weighted by atomic mass is 10.2. The van der Waals surface area contributed by atoms with Crippen LogP contribution in [0.2, 0.25) is 0 Å². The molecule has 0 bridgehead atoms. The lowest BCUT2D eigenvalue weighted by Crippen LogP contribution is -2.35. The van der Waals surface area contributed by atoms with Crippen molar-refractivity contribution in [2.24, 2.45) is 0 Å². The highest BCUT2D eigenvalue weighted by molar-refractivity contribution is 7.91. The summed E-state index contributed by atoms with van der Waals surface area (Å²) in [6.45, 7) is 1.13. The maximum Gasteiger partial charge on any atom is 0.252 e. The predicted octanol–water partition coefficient (Wildman–Crippen LogP) is 2.08. The van der Waals surface area contributed by atoms with Crippen molar-refractivity contribution in [1.29, 1.82) is 0 Å². The van der Waals surface area contributed by atoms with Crippen molar-refractivity contribution < 1.29 is 13.2 Å². The summed E-state index contributed by atoms with van der Waals surface area (Å²) >= 11 is 1.16. The van der Waals surface area contributed by atoms with Crippen LogP contribution in [0.25, 0.3) is 5.69 Å². The number of tetrazole rings is 1. The number of benzene rings is 1. The van der Waals surface area contributed by atoms with Crippen LogP contribution in [0.4, 0.5) is 5.69 Å². The second kappa shape index (κ2) is 8.39. The van der Waals surface area contributed by atoms with Gasteiger partial charge in [0.15, 0.2) is 0 Å². The quantitative estimate of drug-likeness (QED) is 0.639. The van der Waals surface area contributed by atoms with Crippen molar-refractivity contribution in [3.8, 4) is 5.69 Å². The summed E-state index contributed by atoms with van der Waals surface area (Å²) in [7, 11) is -3.46. The molecule has 3 aromatic rings. The van der Waals surface area contributed by atoms with Gasteiger partial charge in [0.1, 0.15) is 10.5 Å². The van der Waals surface area contributed by atoms with E-state index in [0.717, 1.165) is 36.3 Å². The van der Waals surface area contributed by atoms with Gasteiger partial charge in [0, 0.05) is 23.7 Å². The molecule has 0 unspecified atom stereocenters. The highest BCUT2D eigenvalue weighted by atomic mass is 32.2. The van der Waals surface area contributed by atoms with Gasteiger partial charge >= 0.3 is 0 Å². The molecule has 0 aliphatic carbocycles. The summed E-state index contributed by atoms with van der Waals surface area (Å²) in [5, 5.41) is 13.8. The Kier molecular flexibility index (Phi) is 5.69. The maximum absolute atomic E-state index is 12.7. The largest absolute Gasteiger partial charge is 0.326 e. The third kappa shape index (κ3) is 4.52. The summed E-state index contributed by atoms with van der Waals surface area (Å²) in [6, 6.07) is 10.4. The first-order chi connectivity index (χ1) is 14.0. The van der Waals surface area contributed by atoms with Gasteiger partial charge in [-0.15, -0.1) is 16.4 Å². The molecule has 29 heavy (non-hydrogen) atoms. The molecule has 0 spiro atoms. The van der Waals surface area contributed by atoms with Crippen LogP contribution in [0.3, 0.4) is 0 Å². The van der Waals surface area contributed by atoms with E-state index in [-0.39, 0.29) is 12.3 Å². The summed E-state index contributed by atoms with van der Waals surface area (Å²) in [5.74, 6) is -0.205. The van der Waals surface area contributed by atoms with Gasteiger partial charge in [-0.05, 0) is 59.7 Å². The van der Waals surface area contributed by atoms with Crippen LogP contribution in [0, 0.1) is 0 Å². The van der Waals surface area contributed by atoms with E-state index in [1.54, 1.807) is 40.7 Å². The normalized spacial score (nSPS) is 15.3. The molecule has 9 nitrogen and oxygen atoms in total. The minimum absolute atomic E-state index is 0.120. The van der Waals surface area contributed by atoms with Gasteiger partial charge in [-0.1, -0.05) is 6.42 Å². The van der Waals surface area contributed by atoms with Crippen LogP contribution in [0.5, 0.6) is 0 Å². The van der Waals surface area contributed by atoms with E-state index in [2.05, 4.69) is 20.8 Å². The number of carbonyl (C=O) groups excluding carboxylic acids is 1. The molecule has 1 aliphatic heterocycles. The van der Waals surface area contributed by atoms with Crippen molar-refractivity contribution >= 4 is 33.0 Å². The molecule has 1 N–H and O–H groups in total. The Labute approximate surface area is 172 Å². The van der Waals surface area contributed by atoms with Gasteiger partial charge in [0.05, 0.1) is 12.1 Å². The molecule has 0 radical (unpaired) electrons. The number of amides is 1. The summed E-state index contributed by atoms with van der Waals surface area (Å²) in [5.41, 5.74) is 1.42. The number of nitrogens with one attached hydrogen (secondary N) is 1. The van der Waals surface area contributed by atoms with Crippen LogP contribution < -0.4 is 5.32 Å². The number of anilines is 1. The summed E-state index contributed by atoms with van der Waals surface area (Å²) < 4.78 is 28.8. The molecule has 1 fully saturated rings. The number of thiophene rings is 1. The second-order valence-electron chi connectivity index (χ2n) is 6.71. The number of nitrogens with zero attached hydrogens (tertiary/aromatic N) is 5. The molecule has 3 heterocycles. The third-order valence-corrected chi connectivity index (χ3v) is 8.10. The van der Waals surface area contributed by atoms with Gasteiger partial charge < -0.3 is 5.32 Å². The Hall–Kier alpha value is -2.63. The fourth-order valence-electron chi connectivity index (χ4n) is 3.16. The van der Waals surface area contributed by atoms with E-state index < -0.39 is 10.0 Å². The number of aromatic nitrogens is 4. The Balaban J connectivity index is 1.38. The number of hydrogen-bond donors (Lipinski definition) is 1. The predicted molar refractivity (Wildman–Crippen MR) is 108 cm³/mol. The molecule has 1 amide bonds. The van der Waals surface area contributed by atoms with Crippen LogP contribution in [-0.2, 0) is 21.2 Å². The average molecular weight is 433 g/mol. The number of rotatable bonds is 6. The van der Waals surface area contributed by atoms with E-state index in [1.807, 2.05) is 0 Å². The molecular formula is C18H20N6O3S2. The highest BCUT2D eigenvalue weighted by Crippen LogP contribution is 2.27. The molecule has 0 atom stereocenters. The standard InChI is InChI=1S/C18H20N6O3S2/c25-17(20-14-4-6-15(7-5-14)24-13-19-21-22-24)12-16-8-9-18(28-16)29(26,27)23-10-2-1-3-11-23/h4-9,13H,1-3,10-12H2,(H,20,25). The maximum atomic E-state index is 12.7. The molecule has 0 saturated carbocycles. The lowest BCUT2D eigenvalue weighted by Gasteiger charge is -2.25. The average Bonchev–Trinajstić information content (AvgIpc) is 3.42. The molecule has 2 aromatic heterocycles. The third-order valence-electron chi connectivity index (χ3n) is 4.65. The van der Waals surface area contributed by atoms with E-state index in [4.69, 9.17) is 0 Å². The topological polar surface area (TPSA) is 110 Å². The van der Waals surface area contributed by atoms with E-state index >= 15 is 0 Å². The molecule has 152 valence electrons. The van der Waals surface area contributed by atoms with Gasteiger partial charge in [-0.2, -0.15) is 4.31 Å². The smallest absolute Gasteiger partial charge is 0.252 e. The zero-order chi connectivity index (χ0) is 20.3. The number of carbonyl (C=O) groups is 1. The van der Waals surface area contributed by atoms with Crippen LogP contribution in [0.15, 0.2) is 46.9 Å². The van der Waals surface area contributed by atoms with E-state index in [1.165, 1.54) is 11.0 Å². The molecular weight excluding hydrogens is 412 g/mol. The lowest BCUT2D eigenvalue weighted by molar-refractivity contribution is -0.115.